The van der Waals surface area contributed by atoms with Gasteiger partial charge in [0.1, 0.15) is 17.3 Å². The quantitative estimate of drug-likeness (QED) is 0.376. The van der Waals surface area contributed by atoms with Crippen LogP contribution in [0.4, 0.5) is 11.8 Å². The number of nitrogens with two attached hydrogens (primary N) is 2. The van der Waals surface area contributed by atoms with Gasteiger partial charge in [0.2, 0.25) is 5.95 Å². The monoisotopic (exact) mass is 433 g/mol. The zero-order valence-electron chi connectivity index (χ0n) is 18.6. The number of nitrogens with zero attached hydrogens (tertiary/aromatic N) is 6. The molecule has 1 amide bonds. The van der Waals surface area contributed by atoms with Crippen LogP contribution in [0, 0.1) is 5.92 Å². The maximum Gasteiger partial charge on any atom is 0.298 e. The van der Waals surface area contributed by atoms with Crippen LogP contribution < -0.4 is 16.8 Å². The van der Waals surface area contributed by atoms with Gasteiger partial charge in [-0.1, -0.05) is 19.9 Å². The number of aliphatic imine (C=N–C) groups is 1. The first-order valence-corrected chi connectivity index (χ1v) is 10.2. The fourth-order valence-corrected chi connectivity index (χ4v) is 3.11. The van der Waals surface area contributed by atoms with E-state index in [1.54, 1.807) is 18.6 Å². The summed E-state index contributed by atoms with van der Waals surface area (Å²) in [5.74, 6) is 0.459. The second-order valence-corrected chi connectivity index (χ2v) is 7.74. The molecule has 3 aromatic rings. The van der Waals surface area contributed by atoms with Gasteiger partial charge in [0.25, 0.3) is 5.91 Å². The van der Waals surface area contributed by atoms with Crippen molar-refractivity contribution in [3.63, 3.8) is 0 Å². The first-order chi connectivity index (χ1) is 15.3. The lowest BCUT2D eigenvalue weighted by Gasteiger charge is -2.33. The average Bonchev–Trinajstić information content (AvgIpc) is 2.79. The van der Waals surface area contributed by atoms with Crippen LogP contribution in [-0.4, -0.2) is 43.2 Å². The molecular weight excluding hydrogens is 406 g/mol. The lowest BCUT2D eigenvalue weighted by Crippen LogP contribution is -2.43. The molecule has 0 spiro atoms. The molecule has 5 N–H and O–H groups in total. The Labute approximate surface area is 186 Å². The third-order valence-corrected chi connectivity index (χ3v) is 5.47. The Kier molecular flexibility index (Phi) is 6.72. The van der Waals surface area contributed by atoms with E-state index in [1.807, 2.05) is 39.8 Å². The maximum atomic E-state index is 12.7. The van der Waals surface area contributed by atoms with Crippen LogP contribution in [0.1, 0.15) is 43.7 Å². The summed E-state index contributed by atoms with van der Waals surface area (Å²) >= 11 is 0. The van der Waals surface area contributed by atoms with Crippen molar-refractivity contribution in [2.75, 3.05) is 17.6 Å². The van der Waals surface area contributed by atoms with E-state index in [1.165, 1.54) is 12.4 Å². The minimum atomic E-state index is -0.726. The Bertz CT molecular complexity index is 1090. The van der Waals surface area contributed by atoms with Gasteiger partial charge in [-0.15, -0.1) is 0 Å². The maximum absolute atomic E-state index is 12.7. The molecule has 32 heavy (non-hydrogen) atoms. The molecule has 166 valence electrons. The number of pyridine rings is 1. The summed E-state index contributed by atoms with van der Waals surface area (Å²) in [4.78, 5) is 37.6. The van der Waals surface area contributed by atoms with Gasteiger partial charge in [-0.2, -0.15) is 4.99 Å². The number of amides is 1. The highest BCUT2D eigenvalue weighted by Gasteiger charge is 2.36. The summed E-state index contributed by atoms with van der Waals surface area (Å²) in [6.45, 7) is 8.62. The molecule has 1 atom stereocenters. The number of aromatic nitrogens is 5. The fraction of sp³-hybridized carbons (Fsp3) is 0.318. The highest BCUT2D eigenvalue weighted by Crippen LogP contribution is 2.33. The van der Waals surface area contributed by atoms with Crippen LogP contribution in [0.25, 0.3) is 11.3 Å². The molecule has 3 heterocycles. The number of nitrogens with one attached hydrogen (secondary N) is 1. The number of anilines is 2. The van der Waals surface area contributed by atoms with Crippen LogP contribution in [0.2, 0.25) is 0 Å². The van der Waals surface area contributed by atoms with Gasteiger partial charge >= 0.3 is 0 Å². The van der Waals surface area contributed by atoms with E-state index in [0.717, 1.165) is 11.1 Å². The van der Waals surface area contributed by atoms with Crippen molar-refractivity contribution >= 4 is 23.5 Å². The minimum absolute atomic E-state index is 0.0359. The standard InChI is InChI=1S/C22H27N9O/c1-5-25-18-12-27-17(11-28-18)19(32)31-20(23)22(4,13(2)3)15-6-7-16(26-10-15)14-8-29-21(24)30-9-14/h6-13H,5H2,1-4H3,(H,25,28)(H2,23,31,32)(H2,24,29,30). The van der Waals surface area contributed by atoms with Crippen LogP contribution in [-0.2, 0) is 5.41 Å². The zero-order valence-corrected chi connectivity index (χ0v) is 18.6. The van der Waals surface area contributed by atoms with Gasteiger partial charge in [-0.3, -0.25) is 9.78 Å². The molecule has 0 saturated heterocycles. The number of nitrogen functional groups attached to an aromatic ring is 1. The Morgan fingerprint density at radius 3 is 2.31 bits per heavy atom. The third kappa shape index (κ3) is 4.69. The highest BCUT2D eigenvalue weighted by atomic mass is 16.1. The van der Waals surface area contributed by atoms with Gasteiger partial charge < -0.3 is 16.8 Å². The van der Waals surface area contributed by atoms with Crippen molar-refractivity contribution in [1.82, 2.24) is 24.9 Å². The molecule has 0 radical (unpaired) electrons. The molecule has 0 aliphatic rings. The largest absolute Gasteiger partial charge is 0.386 e. The van der Waals surface area contributed by atoms with E-state index in [0.29, 0.717) is 18.1 Å². The normalized spacial score (nSPS) is 13.6. The molecule has 0 aliphatic heterocycles. The molecular formula is C22H27N9O. The number of rotatable bonds is 7. The number of carbonyl (C=O) groups is 1. The highest BCUT2D eigenvalue weighted by molar-refractivity contribution is 6.05. The predicted molar refractivity (Wildman–Crippen MR) is 124 cm³/mol. The molecule has 10 heteroatoms. The molecule has 0 aromatic carbocycles. The molecule has 0 fully saturated rings. The Balaban J connectivity index is 1.89. The van der Waals surface area contributed by atoms with E-state index in [2.05, 4.69) is 35.2 Å². The summed E-state index contributed by atoms with van der Waals surface area (Å²) in [7, 11) is 0. The van der Waals surface area contributed by atoms with E-state index < -0.39 is 11.3 Å². The Morgan fingerprint density at radius 1 is 1.06 bits per heavy atom. The summed E-state index contributed by atoms with van der Waals surface area (Å²) in [6, 6.07) is 3.77. The van der Waals surface area contributed by atoms with E-state index in [4.69, 9.17) is 11.5 Å². The summed E-state index contributed by atoms with van der Waals surface area (Å²) in [5, 5.41) is 3.03. The number of carbonyl (C=O) groups excluding carboxylic acids is 1. The van der Waals surface area contributed by atoms with Crippen LogP contribution in [0.3, 0.4) is 0 Å². The van der Waals surface area contributed by atoms with E-state index >= 15 is 0 Å². The van der Waals surface area contributed by atoms with Gasteiger partial charge in [-0.05, 0) is 31.4 Å². The predicted octanol–water partition coefficient (Wildman–Crippen LogP) is 2.45. The first kappa shape index (κ1) is 22.7. The van der Waals surface area contributed by atoms with Crippen molar-refractivity contribution in [3.05, 3.63) is 54.4 Å². The molecule has 0 bridgehead atoms. The number of hydrogen-bond donors (Lipinski definition) is 3. The molecule has 10 nitrogen and oxygen atoms in total. The number of hydrogen-bond acceptors (Lipinski definition) is 8. The second kappa shape index (κ2) is 9.46. The van der Waals surface area contributed by atoms with Gasteiger partial charge in [0.15, 0.2) is 0 Å². The molecule has 1 unspecified atom stereocenters. The Morgan fingerprint density at radius 2 is 1.78 bits per heavy atom. The zero-order chi connectivity index (χ0) is 23.3. The average molecular weight is 434 g/mol. The van der Waals surface area contributed by atoms with E-state index in [9.17, 15) is 4.79 Å². The smallest absolute Gasteiger partial charge is 0.298 e. The van der Waals surface area contributed by atoms with Crippen LogP contribution in [0.15, 0.2) is 48.1 Å². The van der Waals surface area contributed by atoms with Gasteiger partial charge in [0, 0.05) is 30.7 Å². The van der Waals surface area contributed by atoms with Crippen molar-refractivity contribution < 1.29 is 4.79 Å². The van der Waals surface area contributed by atoms with Crippen molar-refractivity contribution in [1.29, 1.82) is 0 Å². The minimum Gasteiger partial charge on any atom is -0.386 e. The molecule has 0 aliphatic carbocycles. The van der Waals surface area contributed by atoms with Gasteiger partial charge in [0.05, 0.1) is 23.5 Å². The first-order valence-electron chi connectivity index (χ1n) is 10.2. The summed E-state index contributed by atoms with van der Waals surface area (Å²) < 4.78 is 0. The van der Waals surface area contributed by atoms with Crippen molar-refractivity contribution in [2.45, 2.75) is 33.1 Å². The fourth-order valence-electron chi connectivity index (χ4n) is 3.11. The Hall–Kier alpha value is -3.95. The van der Waals surface area contributed by atoms with Crippen molar-refractivity contribution in [3.8, 4) is 11.3 Å². The summed E-state index contributed by atoms with van der Waals surface area (Å²) in [5.41, 5.74) is 13.6. The lowest BCUT2D eigenvalue weighted by molar-refractivity contribution is 0.0996. The topological polar surface area (TPSA) is 158 Å². The summed E-state index contributed by atoms with van der Waals surface area (Å²) in [6.07, 6.45) is 7.83. The SMILES string of the molecule is CCNc1cnc(C(=O)N=C(N)C(C)(c2ccc(-c3cnc(N)nc3)nc2)C(C)C)cn1. The van der Waals surface area contributed by atoms with Crippen LogP contribution >= 0.6 is 0 Å². The van der Waals surface area contributed by atoms with E-state index in [-0.39, 0.29) is 23.4 Å². The molecule has 3 aromatic heterocycles. The van der Waals surface area contributed by atoms with Crippen molar-refractivity contribution in [2.24, 2.45) is 16.6 Å². The molecule has 0 saturated carbocycles. The van der Waals surface area contributed by atoms with Gasteiger partial charge in [-0.25, -0.2) is 19.9 Å². The lowest BCUT2D eigenvalue weighted by atomic mass is 9.73. The second-order valence-electron chi connectivity index (χ2n) is 7.74. The number of amidine groups is 1. The third-order valence-electron chi connectivity index (χ3n) is 5.47. The van der Waals surface area contributed by atoms with Crippen LogP contribution in [0.5, 0.6) is 0 Å². The molecule has 3 rings (SSSR count).